The van der Waals surface area contributed by atoms with E-state index in [9.17, 15) is 4.79 Å². The Labute approximate surface area is 132 Å². The van der Waals surface area contributed by atoms with Crippen LogP contribution in [0.4, 0.5) is 0 Å². The fourth-order valence-electron chi connectivity index (χ4n) is 1.91. The first kappa shape index (κ1) is 15.1. The molecule has 0 aliphatic carbocycles. The molecule has 0 radical (unpaired) electrons. The summed E-state index contributed by atoms with van der Waals surface area (Å²) in [5, 5.41) is 2.95. The largest absolute Gasteiger partial charge is 0.468 e. The molecule has 106 valence electrons. The molecule has 5 heteroatoms. The molecule has 1 atom stereocenters. The smallest absolute Gasteiger partial charge is 0.251 e. The molecule has 1 unspecified atom stereocenters. The first-order chi connectivity index (χ1) is 9.58. The Bertz CT molecular complexity index is 550. The minimum Gasteiger partial charge on any atom is -0.468 e. The Kier molecular flexibility index (Phi) is 5.19. The van der Waals surface area contributed by atoms with Crippen LogP contribution in [0, 0.1) is 3.57 Å². The van der Waals surface area contributed by atoms with E-state index in [0.29, 0.717) is 12.1 Å². The summed E-state index contributed by atoms with van der Waals surface area (Å²) in [5.41, 5.74) is 0.669. The lowest BCUT2D eigenvalue weighted by Crippen LogP contribution is -2.34. The number of furan rings is 1. The molecular formula is C15H17IN2O2. The molecule has 0 bridgehead atoms. The van der Waals surface area contributed by atoms with Gasteiger partial charge in [0.05, 0.1) is 12.3 Å². The van der Waals surface area contributed by atoms with Crippen molar-refractivity contribution in [3.05, 3.63) is 57.6 Å². The quantitative estimate of drug-likeness (QED) is 0.807. The van der Waals surface area contributed by atoms with Crippen LogP contribution in [0.3, 0.4) is 0 Å². The topological polar surface area (TPSA) is 45.5 Å². The summed E-state index contributed by atoms with van der Waals surface area (Å²) in [6.07, 6.45) is 1.65. The SMILES string of the molecule is CN(C)C(CNC(=O)c1ccc(I)cc1)c1ccco1. The maximum atomic E-state index is 12.1. The van der Waals surface area contributed by atoms with E-state index in [0.717, 1.165) is 9.33 Å². The number of likely N-dealkylation sites (N-methyl/N-ethyl adjacent to an activating group) is 1. The van der Waals surface area contributed by atoms with E-state index in [1.165, 1.54) is 0 Å². The van der Waals surface area contributed by atoms with Gasteiger partial charge in [0.1, 0.15) is 5.76 Å². The highest BCUT2D eigenvalue weighted by atomic mass is 127. The van der Waals surface area contributed by atoms with Crippen LogP contribution in [-0.2, 0) is 0 Å². The van der Waals surface area contributed by atoms with Crippen molar-refractivity contribution >= 4 is 28.5 Å². The number of carbonyl (C=O) groups is 1. The Hall–Kier alpha value is -1.34. The van der Waals surface area contributed by atoms with Crippen molar-refractivity contribution in [3.63, 3.8) is 0 Å². The average Bonchev–Trinajstić information content (AvgIpc) is 2.93. The number of carbonyl (C=O) groups excluding carboxylic acids is 1. The molecule has 20 heavy (non-hydrogen) atoms. The molecule has 0 aliphatic heterocycles. The van der Waals surface area contributed by atoms with Crippen molar-refractivity contribution in [2.24, 2.45) is 0 Å². The lowest BCUT2D eigenvalue weighted by Gasteiger charge is -2.22. The number of hydrogen-bond acceptors (Lipinski definition) is 3. The van der Waals surface area contributed by atoms with Gasteiger partial charge in [0.2, 0.25) is 0 Å². The maximum Gasteiger partial charge on any atom is 0.251 e. The maximum absolute atomic E-state index is 12.1. The predicted molar refractivity (Wildman–Crippen MR) is 86.6 cm³/mol. The number of nitrogens with one attached hydrogen (secondary N) is 1. The molecule has 0 spiro atoms. The molecule has 0 fully saturated rings. The lowest BCUT2D eigenvalue weighted by molar-refractivity contribution is 0.0939. The van der Waals surface area contributed by atoms with Crippen LogP contribution in [0.15, 0.2) is 47.1 Å². The lowest BCUT2D eigenvalue weighted by atomic mass is 10.2. The third-order valence-corrected chi connectivity index (χ3v) is 3.78. The zero-order chi connectivity index (χ0) is 14.5. The van der Waals surface area contributed by atoms with Crippen LogP contribution < -0.4 is 5.32 Å². The normalized spacial score (nSPS) is 12.4. The summed E-state index contributed by atoms with van der Waals surface area (Å²) < 4.78 is 6.53. The van der Waals surface area contributed by atoms with Gasteiger partial charge in [-0.15, -0.1) is 0 Å². The highest BCUT2D eigenvalue weighted by Gasteiger charge is 2.18. The van der Waals surface area contributed by atoms with Crippen molar-refractivity contribution in [1.82, 2.24) is 10.2 Å². The van der Waals surface area contributed by atoms with Gasteiger partial charge in [-0.3, -0.25) is 9.69 Å². The first-order valence-electron chi connectivity index (χ1n) is 6.31. The summed E-state index contributed by atoms with van der Waals surface area (Å²) in [5.74, 6) is 0.776. The van der Waals surface area contributed by atoms with Gasteiger partial charge in [-0.25, -0.2) is 0 Å². The molecule has 1 amide bonds. The molecule has 1 heterocycles. The Morgan fingerprint density at radius 2 is 2.00 bits per heavy atom. The number of halogens is 1. The molecule has 0 saturated carbocycles. The summed E-state index contributed by atoms with van der Waals surface area (Å²) in [7, 11) is 3.93. The Balaban J connectivity index is 1.99. The second-order valence-corrected chi connectivity index (χ2v) is 5.96. The van der Waals surface area contributed by atoms with E-state index in [1.807, 2.05) is 55.4 Å². The Morgan fingerprint density at radius 1 is 1.30 bits per heavy atom. The minimum atomic E-state index is -0.0696. The molecule has 4 nitrogen and oxygen atoms in total. The fourth-order valence-corrected chi connectivity index (χ4v) is 2.27. The van der Waals surface area contributed by atoms with Gasteiger partial charge < -0.3 is 9.73 Å². The van der Waals surface area contributed by atoms with E-state index >= 15 is 0 Å². The summed E-state index contributed by atoms with van der Waals surface area (Å²) in [4.78, 5) is 14.1. The van der Waals surface area contributed by atoms with E-state index in [-0.39, 0.29) is 11.9 Å². The van der Waals surface area contributed by atoms with Crippen molar-refractivity contribution < 1.29 is 9.21 Å². The van der Waals surface area contributed by atoms with Crippen LogP contribution in [0.1, 0.15) is 22.2 Å². The highest BCUT2D eigenvalue weighted by molar-refractivity contribution is 14.1. The van der Waals surface area contributed by atoms with Gasteiger partial charge in [-0.1, -0.05) is 0 Å². The summed E-state index contributed by atoms with van der Waals surface area (Å²) in [6.45, 7) is 0.505. The van der Waals surface area contributed by atoms with Crippen LogP contribution in [0.25, 0.3) is 0 Å². The summed E-state index contributed by atoms with van der Waals surface area (Å²) in [6, 6.07) is 11.3. The molecular weight excluding hydrogens is 367 g/mol. The molecule has 0 saturated heterocycles. The van der Waals surface area contributed by atoms with Crippen LogP contribution in [0.5, 0.6) is 0 Å². The number of amides is 1. The van der Waals surface area contributed by atoms with Gasteiger partial charge in [0.25, 0.3) is 5.91 Å². The van der Waals surface area contributed by atoms with Gasteiger partial charge in [0, 0.05) is 15.7 Å². The number of nitrogens with zero attached hydrogens (tertiary/aromatic N) is 1. The summed E-state index contributed by atoms with van der Waals surface area (Å²) >= 11 is 2.22. The number of rotatable bonds is 5. The second-order valence-electron chi connectivity index (χ2n) is 4.71. The average molecular weight is 384 g/mol. The molecule has 1 N–H and O–H groups in total. The molecule has 1 aromatic carbocycles. The van der Waals surface area contributed by atoms with E-state index in [4.69, 9.17) is 4.42 Å². The van der Waals surface area contributed by atoms with Gasteiger partial charge in [0.15, 0.2) is 0 Å². The standard InChI is InChI=1S/C15H17IN2O2/c1-18(2)13(14-4-3-9-20-14)10-17-15(19)11-5-7-12(16)8-6-11/h3-9,13H,10H2,1-2H3,(H,17,19). The second kappa shape index (κ2) is 6.90. The van der Waals surface area contributed by atoms with Gasteiger partial charge in [-0.2, -0.15) is 0 Å². The third-order valence-electron chi connectivity index (χ3n) is 3.06. The molecule has 1 aromatic heterocycles. The minimum absolute atomic E-state index is 0.0257. The van der Waals surface area contributed by atoms with E-state index < -0.39 is 0 Å². The highest BCUT2D eigenvalue weighted by Crippen LogP contribution is 2.17. The fraction of sp³-hybridized carbons (Fsp3) is 0.267. The zero-order valence-electron chi connectivity index (χ0n) is 11.5. The zero-order valence-corrected chi connectivity index (χ0v) is 13.6. The van der Waals surface area contributed by atoms with E-state index in [2.05, 4.69) is 27.9 Å². The van der Waals surface area contributed by atoms with Crippen molar-refractivity contribution in [2.75, 3.05) is 20.6 Å². The van der Waals surface area contributed by atoms with E-state index in [1.54, 1.807) is 6.26 Å². The van der Waals surface area contributed by atoms with Crippen molar-refractivity contribution in [2.45, 2.75) is 6.04 Å². The van der Waals surface area contributed by atoms with Gasteiger partial charge in [-0.05, 0) is 73.1 Å². The number of hydrogen-bond donors (Lipinski definition) is 1. The van der Waals surface area contributed by atoms with Gasteiger partial charge >= 0.3 is 0 Å². The van der Waals surface area contributed by atoms with Crippen molar-refractivity contribution in [3.8, 4) is 0 Å². The van der Waals surface area contributed by atoms with Crippen LogP contribution in [-0.4, -0.2) is 31.4 Å². The van der Waals surface area contributed by atoms with Crippen LogP contribution >= 0.6 is 22.6 Å². The molecule has 2 aromatic rings. The molecule has 0 aliphatic rings. The predicted octanol–water partition coefficient (Wildman–Crippen LogP) is 2.92. The Morgan fingerprint density at radius 3 is 2.55 bits per heavy atom. The number of benzene rings is 1. The molecule has 2 rings (SSSR count). The monoisotopic (exact) mass is 384 g/mol. The van der Waals surface area contributed by atoms with Crippen LogP contribution in [0.2, 0.25) is 0 Å². The van der Waals surface area contributed by atoms with Crippen molar-refractivity contribution in [1.29, 1.82) is 0 Å². The third kappa shape index (κ3) is 3.83. The first-order valence-corrected chi connectivity index (χ1v) is 7.39.